The molecule has 124 valence electrons. The van der Waals surface area contributed by atoms with E-state index in [9.17, 15) is 4.79 Å². The van der Waals surface area contributed by atoms with Crippen LogP contribution in [0, 0.1) is 0 Å². The van der Waals surface area contributed by atoms with Crippen molar-refractivity contribution in [2.24, 2.45) is 4.99 Å². The van der Waals surface area contributed by atoms with Crippen molar-refractivity contribution in [2.45, 2.75) is 33.1 Å². The smallest absolute Gasteiger partial charge is 0.280 e. The molecule has 5 heteroatoms. The van der Waals surface area contributed by atoms with E-state index in [0.717, 1.165) is 36.4 Å². The molecule has 2 rings (SSSR count). The number of nitrogens with one attached hydrogen (secondary N) is 1. The van der Waals surface area contributed by atoms with Crippen molar-refractivity contribution in [1.29, 1.82) is 0 Å². The van der Waals surface area contributed by atoms with E-state index in [2.05, 4.69) is 17.0 Å². The highest BCUT2D eigenvalue weighted by Crippen LogP contribution is 2.11. The predicted octanol–water partition coefficient (Wildman–Crippen LogP) is 2.96. The Bertz CT molecular complexity index is 699. The minimum Gasteiger partial charge on any atom is -0.385 e. The van der Waals surface area contributed by atoms with E-state index in [1.807, 2.05) is 37.3 Å². The quantitative estimate of drug-likeness (QED) is 0.601. The maximum absolute atomic E-state index is 12.8. The lowest BCUT2D eigenvalue weighted by Gasteiger charge is -2.01. The molecule has 0 bridgehead atoms. The van der Waals surface area contributed by atoms with Gasteiger partial charge in [0.15, 0.2) is 0 Å². The molecule has 0 fully saturated rings. The number of hydrogen-bond acceptors (Lipinski definition) is 3. The zero-order valence-electron chi connectivity index (χ0n) is 14.1. The van der Waals surface area contributed by atoms with E-state index in [4.69, 9.17) is 4.74 Å². The van der Waals surface area contributed by atoms with Crippen molar-refractivity contribution in [3.05, 3.63) is 51.9 Å². The highest BCUT2D eigenvalue weighted by atomic mass is 16.5. The van der Waals surface area contributed by atoms with E-state index in [1.165, 1.54) is 0 Å². The standard InChI is InChI=1S/C18H25N3O2/c1-4-9-16-17(14(2)19-12-8-13-23-3)18(22)21(20-16)15-10-6-5-7-11-15/h5-7,10-11,20H,4,8-9,12-13H2,1-3H3. The summed E-state index contributed by atoms with van der Waals surface area (Å²) >= 11 is 0. The molecule has 23 heavy (non-hydrogen) atoms. The third-order valence-electron chi connectivity index (χ3n) is 3.70. The van der Waals surface area contributed by atoms with Crippen LogP contribution in [0.5, 0.6) is 0 Å². The van der Waals surface area contributed by atoms with Crippen LogP contribution in [0.4, 0.5) is 0 Å². The average molecular weight is 315 g/mol. The summed E-state index contributed by atoms with van der Waals surface area (Å²) in [5.74, 6) is 0. The minimum atomic E-state index is -0.0346. The van der Waals surface area contributed by atoms with Gasteiger partial charge in [0.1, 0.15) is 0 Å². The molecular weight excluding hydrogens is 290 g/mol. The van der Waals surface area contributed by atoms with Crippen molar-refractivity contribution in [1.82, 2.24) is 9.78 Å². The van der Waals surface area contributed by atoms with Gasteiger partial charge in [0.2, 0.25) is 0 Å². The number of ether oxygens (including phenoxy) is 1. The molecule has 0 radical (unpaired) electrons. The topological polar surface area (TPSA) is 59.4 Å². The summed E-state index contributed by atoms with van der Waals surface area (Å²) in [6.07, 6.45) is 2.66. The monoisotopic (exact) mass is 315 g/mol. The molecule has 0 saturated heterocycles. The fourth-order valence-corrected chi connectivity index (χ4v) is 2.58. The fourth-order valence-electron chi connectivity index (χ4n) is 2.58. The third-order valence-corrected chi connectivity index (χ3v) is 3.70. The van der Waals surface area contributed by atoms with Gasteiger partial charge in [-0.25, -0.2) is 4.68 Å². The number of aryl methyl sites for hydroxylation is 1. The number of aromatic nitrogens is 2. The summed E-state index contributed by atoms with van der Waals surface area (Å²) in [5, 5.41) is 3.25. The van der Waals surface area contributed by atoms with Crippen molar-refractivity contribution in [2.75, 3.05) is 20.3 Å². The molecule has 5 nitrogen and oxygen atoms in total. The van der Waals surface area contributed by atoms with Crippen molar-refractivity contribution >= 4 is 5.71 Å². The van der Waals surface area contributed by atoms with Gasteiger partial charge < -0.3 is 4.74 Å². The zero-order valence-corrected chi connectivity index (χ0v) is 14.1. The van der Waals surface area contributed by atoms with Gasteiger partial charge in [-0.1, -0.05) is 31.5 Å². The predicted molar refractivity (Wildman–Crippen MR) is 94.0 cm³/mol. The number of hydrogen-bond donors (Lipinski definition) is 1. The SMILES string of the molecule is CCCc1[nH]n(-c2ccccc2)c(=O)c1C(C)=NCCCOC. The number of aliphatic imine (C=N–C) groups is 1. The number of nitrogens with zero attached hydrogens (tertiary/aromatic N) is 2. The summed E-state index contributed by atoms with van der Waals surface area (Å²) in [4.78, 5) is 17.4. The Balaban J connectivity index is 2.38. The second-order valence-corrected chi connectivity index (χ2v) is 5.50. The van der Waals surface area contributed by atoms with Crippen LogP contribution in [0.15, 0.2) is 40.1 Å². The van der Waals surface area contributed by atoms with Crippen LogP contribution in [0.2, 0.25) is 0 Å². The van der Waals surface area contributed by atoms with Crippen LogP contribution in [0.25, 0.3) is 5.69 Å². The summed E-state index contributed by atoms with van der Waals surface area (Å²) < 4.78 is 6.64. The molecule has 0 atom stereocenters. The number of benzene rings is 1. The van der Waals surface area contributed by atoms with Crippen LogP contribution in [-0.4, -0.2) is 35.8 Å². The molecule has 0 aliphatic heterocycles. The Morgan fingerprint density at radius 3 is 2.70 bits per heavy atom. The third kappa shape index (κ3) is 4.20. The van der Waals surface area contributed by atoms with E-state index < -0.39 is 0 Å². The molecule has 0 saturated carbocycles. The Kier molecular flexibility index (Phi) is 6.35. The maximum Gasteiger partial charge on any atom is 0.280 e. The number of rotatable bonds is 8. The van der Waals surface area contributed by atoms with Crippen molar-refractivity contribution in [3.63, 3.8) is 0 Å². The molecule has 0 aliphatic rings. The first-order chi connectivity index (χ1) is 11.2. The molecule has 0 spiro atoms. The number of H-pyrrole nitrogens is 1. The first-order valence-electron chi connectivity index (χ1n) is 8.08. The second-order valence-electron chi connectivity index (χ2n) is 5.50. The second kappa shape index (κ2) is 8.48. The average Bonchev–Trinajstić information content (AvgIpc) is 2.89. The molecule has 0 unspecified atom stereocenters. The van der Waals surface area contributed by atoms with Gasteiger partial charge in [-0.3, -0.25) is 14.9 Å². The molecule has 2 aromatic rings. The zero-order chi connectivity index (χ0) is 16.7. The van der Waals surface area contributed by atoms with Crippen LogP contribution < -0.4 is 5.56 Å². The van der Waals surface area contributed by atoms with Crippen LogP contribution in [0.3, 0.4) is 0 Å². The summed E-state index contributed by atoms with van der Waals surface area (Å²) in [5.41, 5.74) is 3.25. The Morgan fingerprint density at radius 2 is 2.04 bits per heavy atom. The molecule has 1 aromatic heterocycles. The Labute approximate surface area is 137 Å². The highest BCUT2D eigenvalue weighted by Gasteiger charge is 2.16. The number of methoxy groups -OCH3 is 1. The van der Waals surface area contributed by atoms with Crippen LogP contribution >= 0.6 is 0 Å². The van der Waals surface area contributed by atoms with Crippen molar-refractivity contribution < 1.29 is 4.74 Å². The first kappa shape index (κ1) is 17.2. The molecule has 1 aromatic carbocycles. The highest BCUT2D eigenvalue weighted by molar-refractivity contribution is 5.99. The summed E-state index contributed by atoms with van der Waals surface area (Å²) in [7, 11) is 1.68. The molecule has 0 aliphatic carbocycles. The van der Waals surface area contributed by atoms with E-state index in [-0.39, 0.29) is 5.56 Å². The van der Waals surface area contributed by atoms with E-state index in [0.29, 0.717) is 18.7 Å². The molecule has 1 heterocycles. The molecular formula is C18H25N3O2. The number of aromatic amines is 1. The lowest BCUT2D eigenvalue weighted by Crippen LogP contribution is -2.20. The summed E-state index contributed by atoms with van der Waals surface area (Å²) in [6.45, 7) is 5.36. The lowest BCUT2D eigenvalue weighted by atomic mass is 10.1. The lowest BCUT2D eigenvalue weighted by molar-refractivity contribution is 0.197. The van der Waals surface area contributed by atoms with E-state index in [1.54, 1.807) is 11.8 Å². The fraction of sp³-hybridized carbons (Fsp3) is 0.444. The van der Waals surface area contributed by atoms with Crippen LogP contribution in [0.1, 0.15) is 37.9 Å². The largest absolute Gasteiger partial charge is 0.385 e. The van der Waals surface area contributed by atoms with Gasteiger partial charge in [0.05, 0.1) is 11.3 Å². The number of para-hydroxylation sites is 1. The van der Waals surface area contributed by atoms with Crippen molar-refractivity contribution in [3.8, 4) is 5.69 Å². The summed E-state index contributed by atoms with van der Waals surface area (Å²) in [6, 6.07) is 9.62. The first-order valence-corrected chi connectivity index (χ1v) is 8.08. The van der Waals surface area contributed by atoms with Gasteiger partial charge in [-0.15, -0.1) is 0 Å². The van der Waals surface area contributed by atoms with Gasteiger partial charge in [0.25, 0.3) is 5.56 Å². The van der Waals surface area contributed by atoms with Gasteiger partial charge in [-0.2, -0.15) is 0 Å². The van der Waals surface area contributed by atoms with Crippen LogP contribution in [-0.2, 0) is 11.2 Å². The maximum atomic E-state index is 12.8. The molecule has 1 N–H and O–H groups in total. The Morgan fingerprint density at radius 1 is 1.30 bits per heavy atom. The van der Waals surface area contributed by atoms with Gasteiger partial charge >= 0.3 is 0 Å². The normalized spacial score (nSPS) is 11.9. The molecule has 0 amide bonds. The Hall–Kier alpha value is -2.14. The van der Waals surface area contributed by atoms with Gasteiger partial charge in [-0.05, 0) is 31.9 Å². The van der Waals surface area contributed by atoms with E-state index >= 15 is 0 Å². The minimum absolute atomic E-state index is 0.0346. The van der Waals surface area contributed by atoms with Gasteiger partial charge in [0, 0.05) is 31.7 Å².